The molecule has 0 bridgehead atoms. The smallest absolute Gasteiger partial charge is 0.243 e. The highest BCUT2D eigenvalue weighted by atomic mass is 35.5. The normalized spacial score (nSPS) is 28.1. The van der Waals surface area contributed by atoms with E-state index in [9.17, 15) is 8.42 Å². The van der Waals surface area contributed by atoms with Gasteiger partial charge in [-0.05, 0) is 56.5 Å². The summed E-state index contributed by atoms with van der Waals surface area (Å²) in [7, 11) is -3.41. The van der Waals surface area contributed by atoms with Gasteiger partial charge in [0.05, 0.1) is 4.90 Å². The van der Waals surface area contributed by atoms with Gasteiger partial charge in [-0.15, -0.1) is 0 Å². The summed E-state index contributed by atoms with van der Waals surface area (Å²) in [5.74, 6) is 0. The molecule has 2 aliphatic rings. The fourth-order valence-electron chi connectivity index (χ4n) is 3.25. The van der Waals surface area contributed by atoms with Crippen molar-refractivity contribution in [1.82, 2.24) is 9.62 Å². The lowest BCUT2D eigenvalue weighted by atomic mass is 10.1. The minimum Gasteiger partial charge on any atom is -0.312 e. The predicted octanol–water partition coefficient (Wildman–Crippen LogP) is 2.25. The number of sulfonamides is 1. The van der Waals surface area contributed by atoms with E-state index in [1.54, 1.807) is 28.6 Å². The van der Waals surface area contributed by atoms with Gasteiger partial charge in [0.15, 0.2) is 0 Å². The maximum Gasteiger partial charge on any atom is 0.243 e. The van der Waals surface area contributed by atoms with E-state index in [0.29, 0.717) is 22.5 Å². The Balaban J connectivity index is 1.87. The minimum atomic E-state index is -3.41. The third-order valence-electron chi connectivity index (χ3n) is 4.23. The van der Waals surface area contributed by atoms with E-state index < -0.39 is 10.0 Å². The monoisotopic (exact) mass is 314 g/mol. The molecule has 1 aromatic rings. The second kappa shape index (κ2) is 5.64. The quantitative estimate of drug-likeness (QED) is 0.931. The highest BCUT2D eigenvalue weighted by molar-refractivity contribution is 7.89. The Morgan fingerprint density at radius 2 is 1.90 bits per heavy atom. The molecule has 1 aromatic carbocycles. The summed E-state index contributed by atoms with van der Waals surface area (Å²) >= 11 is 5.84. The van der Waals surface area contributed by atoms with Gasteiger partial charge >= 0.3 is 0 Å². The summed E-state index contributed by atoms with van der Waals surface area (Å²) in [6.45, 7) is 1.61. The highest BCUT2D eigenvalue weighted by Crippen LogP contribution is 2.30. The van der Waals surface area contributed by atoms with Crippen molar-refractivity contribution in [3.63, 3.8) is 0 Å². The van der Waals surface area contributed by atoms with Crippen LogP contribution < -0.4 is 5.32 Å². The van der Waals surface area contributed by atoms with Crippen molar-refractivity contribution in [2.45, 2.75) is 42.7 Å². The van der Waals surface area contributed by atoms with Crippen LogP contribution in [0.1, 0.15) is 25.7 Å². The van der Waals surface area contributed by atoms with Gasteiger partial charge in [-0.3, -0.25) is 0 Å². The number of benzene rings is 1. The Labute approximate surface area is 125 Å². The molecular weight excluding hydrogens is 296 g/mol. The Morgan fingerprint density at radius 3 is 2.55 bits per heavy atom. The van der Waals surface area contributed by atoms with Gasteiger partial charge in [-0.2, -0.15) is 4.31 Å². The maximum atomic E-state index is 12.8. The molecule has 0 amide bonds. The van der Waals surface area contributed by atoms with Gasteiger partial charge in [0.25, 0.3) is 0 Å². The van der Waals surface area contributed by atoms with E-state index in [4.69, 9.17) is 11.6 Å². The Morgan fingerprint density at radius 1 is 1.15 bits per heavy atom. The molecule has 0 aliphatic carbocycles. The zero-order valence-corrected chi connectivity index (χ0v) is 12.8. The fraction of sp³-hybridized carbons (Fsp3) is 0.571. The van der Waals surface area contributed by atoms with Crippen molar-refractivity contribution in [3.05, 3.63) is 29.3 Å². The first-order valence-corrected chi connectivity index (χ1v) is 8.91. The van der Waals surface area contributed by atoms with Crippen molar-refractivity contribution in [2.24, 2.45) is 0 Å². The largest absolute Gasteiger partial charge is 0.312 e. The second-order valence-electron chi connectivity index (χ2n) is 5.48. The van der Waals surface area contributed by atoms with E-state index in [0.717, 1.165) is 32.2 Å². The van der Waals surface area contributed by atoms with Crippen LogP contribution >= 0.6 is 11.6 Å². The van der Waals surface area contributed by atoms with E-state index >= 15 is 0 Å². The molecule has 1 N–H and O–H groups in total. The van der Waals surface area contributed by atoms with Crippen molar-refractivity contribution in [1.29, 1.82) is 0 Å². The van der Waals surface area contributed by atoms with E-state index in [2.05, 4.69) is 5.32 Å². The van der Waals surface area contributed by atoms with Crippen LogP contribution in [-0.4, -0.2) is 37.9 Å². The van der Waals surface area contributed by atoms with Crippen molar-refractivity contribution in [2.75, 3.05) is 13.1 Å². The number of rotatable bonds is 3. The molecule has 0 spiro atoms. The topological polar surface area (TPSA) is 49.4 Å². The standard InChI is InChI=1S/C14H19ClN2O2S/c15-11-5-7-12(8-6-11)20(18,19)17-10-2-4-14(17)13-3-1-9-16-13/h5-8,13-14,16H,1-4,9-10H2. The lowest BCUT2D eigenvalue weighted by Crippen LogP contribution is -2.46. The summed E-state index contributed by atoms with van der Waals surface area (Å²) in [6, 6.07) is 6.85. The fourth-order valence-corrected chi connectivity index (χ4v) is 5.10. The van der Waals surface area contributed by atoms with Crippen LogP contribution in [0.2, 0.25) is 5.02 Å². The molecule has 4 nitrogen and oxygen atoms in total. The molecule has 2 unspecified atom stereocenters. The molecule has 2 heterocycles. The Bertz CT molecular complexity index is 567. The zero-order chi connectivity index (χ0) is 14.2. The second-order valence-corrected chi connectivity index (χ2v) is 7.81. The zero-order valence-electron chi connectivity index (χ0n) is 11.3. The van der Waals surface area contributed by atoms with Crippen molar-refractivity contribution < 1.29 is 8.42 Å². The summed E-state index contributed by atoms with van der Waals surface area (Å²) < 4.78 is 27.2. The number of nitrogens with zero attached hydrogens (tertiary/aromatic N) is 1. The molecule has 2 fully saturated rings. The molecule has 6 heteroatoms. The molecule has 2 atom stereocenters. The van der Waals surface area contributed by atoms with Crippen molar-refractivity contribution >= 4 is 21.6 Å². The number of nitrogens with one attached hydrogen (secondary N) is 1. The molecule has 0 aromatic heterocycles. The average molecular weight is 315 g/mol. The molecule has 110 valence electrons. The van der Waals surface area contributed by atoms with Crippen LogP contribution in [0, 0.1) is 0 Å². The number of hydrogen-bond donors (Lipinski definition) is 1. The van der Waals surface area contributed by atoms with Gasteiger partial charge in [-0.25, -0.2) is 8.42 Å². The minimum absolute atomic E-state index is 0.0955. The van der Waals surface area contributed by atoms with Gasteiger partial charge in [-0.1, -0.05) is 11.6 Å². The van der Waals surface area contributed by atoms with E-state index in [1.807, 2.05) is 0 Å². The first-order chi connectivity index (χ1) is 9.59. The van der Waals surface area contributed by atoms with E-state index in [-0.39, 0.29) is 6.04 Å². The van der Waals surface area contributed by atoms with Gasteiger partial charge < -0.3 is 5.32 Å². The van der Waals surface area contributed by atoms with Crippen LogP contribution in [0.25, 0.3) is 0 Å². The van der Waals surface area contributed by atoms with Crippen LogP contribution in [0.3, 0.4) is 0 Å². The molecule has 2 saturated heterocycles. The summed E-state index contributed by atoms with van der Waals surface area (Å²) in [4.78, 5) is 0.340. The van der Waals surface area contributed by atoms with Gasteiger partial charge in [0.2, 0.25) is 10.0 Å². The SMILES string of the molecule is O=S(=O)(c1ccc(Cl)cc1)N1CCCC1C1CCCN1. The third-order valence-corrected chi connectivity index (χ3v) is 6.42. The Hall–Kier alpha value is -0.620. The third kappa shape index (κ3) is 2.60. The average Bonchev–Trinajstić information content (AvgIpc) is 3.10. The van der Waals surface area contributed by atoms with Crippen LogP contribution in [0.15, 0.2) is 29.2 Å². The first kappa shape index (κ1) is 14.3. The van der Waals surface area contributed by atoms with Crippen LogP contribution in [-0.2, 0) is 10.0 Å². The lowest BCUT2D eigenvalue weighted by molar-refractivity contribution is 0.322. The molecule has 2 aliphatic heterocycles. The highest BCUT2D eigenvalue weighted by Gasteiger charge is 2.40. The number of halogens is 1. The van der Waals surface area contributed by atoms with E-state index in [1.165, 1.54) is 0 Å². The van der Waals surface area contributed by atoms with Gasteiger partial charge in [0, 0.05) is 23.7 Å². The maximum absolute atomic E-state index is 12.8. The Kier molecular flexibility index (Phi) is 4.04. The molecule has 0 radical (unpaired) electrons. The molecule has 0 saturated carbocycles. The first-order valence-electron chi connectivity index (χ1n) is 7.10. The van der Waals surface area contributed by atoms with Gasteiger partial charge in [0.1, 0.15) is 0 Å². The lowest BCUT2D eigenvalue weighted by Gasteiger charge is -2.28. The molecule has 20 heavy (non-hydrogen) atoms. The summed E-state index contributed by atoms with van der Waals surface area (Å²) in [6.07, 6.45) is 4.09. The summed E-state index contributed by atoms with van der Waals surface area (Å²) in [5.41, 5.74) is 0. The number of hydrogen-bond acceptors (Lipinski definition) is 3. The molecule has 3 rings (SSSR count). The molecular formula is C14H19ClN2O2S. The van der Waals surface area contributed by atoms with Crippen LogP contribution in [0.5, 0.6) is 0 Å². The summed E-state index contributed by atoms with van der Waals surface area (Å²) in [5, 5.41) is 3.99. The van der Waals surface area contributed by atoms with Crippen molar-refractivity contribution in [3.8, 4) is 0 Å². The van der Waals surface area contributed by atoms with Crippen LogP contribution in [0.4, 0.5) is 0 Å². The predicted molar refractivity (Wildman–Crippen MR) is 79.4 cm³/mol.